The average Bonchev–Trinajstić information content (AvgIpc) is 2.79. The Morgan fingerprint density at radius 1 is 1.00 bits per heavy atom. The van der Waals surface area contributed by atoms with E-state index in [0.29, 0.717) is 17.0 Å². The van der Waals surface area contributed by atoms with Crippen molar-refractivity contribution >= 4 is 23.6 Å². The van der Waals surface area contributed by atoms with Crippen LogP contribution in [0.15, 0.2) is 48.5 Å². The number of aliphatic hydroxyl groups excluding tert-OH is 1. The molecule has 0 radical (unpaired) electrons. The van der Waals surface area contributed by atoms with E-state index in [2.05, 4.69) is 10.6 Å². The second-order valence-corrected chi connectivity index (χ2v) is 10.8. The number of aryl methyl sites for hydroxylation is 1. The Balaban J connectivity index is 2.51. The summed E-state index contributed by atoms with van der Waals surface area (Å²) in [6.45, 7) is 11.7. The summed E-state index contributed by atoms with van der Waals surface area (Å²) >= 11 is 0. The summed E-state index contributed by atoms with van der Waals surface area (Å²) in [5, 5.41) is 15.4. The fourth-order valence-electron chi connectivity index (χ4n) is 3.79. The van der Waals surface area contributed by atoms with Gasteiger partial charge in [-0.1, -0.05) is 29.8 Å². The van der Waals surface area contributed by atoms with Crippen LogP contribution in [-0.2, 0) is 14.3 Å². The molecule has 9 heteroatoms. The molecule has 2 aromatic rings. The number of anilines is 1. The largest absolute Gasteiger partial charge is 0.497 e. The number of ether oxygens (including phenoxy) is 2. The standard InChI is InChI=1S/C28H39N3O6/c1-18-10-9-11-19(16-18)23(24(33)29-20-12-14-21(36-8)15-13-20)31(27(2,3)4)25(34)22(17-32)30-26(35)37-28(5,6)7/h9-16,22-23,32H,17H2,1-8H3,(H,29,33)(H,30,35). The predicted octanol–water partition coefficient (Wildman–Crippen LogP) is 4.20. The third kappa shape index (κ3) is 8.49. The van der Waals surface area contributed by atoms with E-state index in [0.717, 1.165) is 5.56 Å². The molecule has 2 atom stereocenters. The zero-order valence-electron chi connectivity index (χ0n) is 22.9. The Hall–Kier alpha value is -3.59. The molecule has 2 rings (SSSR count). The third-order valence-corrected chi connectivity index (χ3v) is 5.35. The first-order valence-corrected chi connectivity index (χ1v) is 12.1. The molecule has 2 aromatic carbocycles. The zero-order valence-corrected chi connectivity index (χ0v) is 22.9. The number of hydrogen-bond donors (Lipinski definition) is 3. The van der Waals surface area contributed by atoms with Crippen molar-refractivity contribution in [2.75, 3.05) is 19.0 Å². The van der Waals surface area contributed by atoms with Crippen LogP contribution in [0.3, 0.4) is 0 Å². The topological polar surface area (TPSA) is 117 Å². The van der Waals surface area contributed by atoms with Gasteiger partial charge in [0.2, 0.25) is 5.91 Å². The van der Waals surface area contributed by atoms with Gasteiger partial charge in [-0.05, 0) is 78.3 Å². The summed E-state index contributed by atoms with van der Waals surface area (Å²) in [7, 11) is 1.55. The number of benzene rings is 2. The number of rotatable bonds is 8. The highest BCUT2D eigenvalue weighted by atomic mass is 16.6. The summed E-state index contributed by atoms with van der Waals surface area (Å²) in [6.07, 6.45) is -0.844. The molecule has 0 aliphatic carbocycles. The molecule has 0 heterocycles. The first-order chi connectivity index (χ1) is 17.2. The summed E-state index contributed by atoms with van der Waals surface area (Å²) in [5.41, 5.74) is 0.357. The lowest BCUT2D eigenvalue weighted by molar-refractivity contribution is -0.147. The number of nitrogens with zero attached hydrogens (tertiary/aromatic N) is 1. The van der Waals surface area contributed by atoms with Gasteiger partial charge in [0.15, 0.2) is 0 Å². The molecule has 0 aromatic heterocycles. The minimum atomic E-state index is -1.32. The van der Waals surface area contributed by atoms with Crippen molar-refractivity contribution in [3.05, 3.63) is 59.7 Å². The van der Waals surface area contributed by atoms with Crippen molar-refractivity contribution < 1.29 is 29.0 Å². The van der Waals surface area contributed by atoms with Gasteiger partial charge in [-0.3, -0.25) is 9.59 Å². The number of nitrogens with one attached hydrogen (secondary N) is 2. The van der Waals surface area contributed by atoms with Crippen molar-refractivity contribution in [3.63, 3.8) is 0 Å². The number of carbonyl (C=O) groups is 3. The van der Waals surface area contributed by atoms with E-state index in [-0.39, 0.29) is 0 Å². The maximum atomic E-state index is 13.9. The molecule has 3 N–H and O–H groups in total. The number of methoxy groups -OCH3 is 1. The zero-order chi connectivity index (χ0) is 28.0. The van der Waals surface area contributed by atoms with E-state index < -0.39 is 47.7 Å². The van der Waals surface area contributed by atoms with Crippen LogP contribution in [0.5, 0.6) is 5.75 Å². The summed E-state index contributed by atoms with van der Waals surface area (Å²) < 4.78 is 10.5. The molecule has 0 saturated heterocycles. The maximum absolute atomic E-state index is 13.9. The van der Waals surface area contributed by atoms with Crippen molar-refractivity contribution in [2.24, 2.45) is 0 Å². The molecule has 0 aliphatic rings. The van der Waals surface area contributed by atoms with Gasteiger partial charge in [-0.25, -0.2) is 4.79 Å². The molecule has 3 amide bonds. The lowest BCUT2D eigenvalue weighted by Crippen LogP contribution is -2.59. The van der Waals surface area contributed by atoms with Crippen LogP contribution in [0.1, 0.15) is 58.7 Å². The number of amides is 3. The summed E-state index contributed by atoms with van der Waals surface area (Å²) in [5.74, 6) is -0.441. The lowest BCUT2D eigenvalue weighted by atomic mass is 9.94. The van der Waals surface area contributed by atoms with Crippen LogP contribution < -0.4 is 15.4 Å². The highest BCUT2D eigenvalue weighted by Crippen LogP contribution is 2.31. The average molecular weight is 514 g/mol. The number of alkyl carbamates (subject to hydrolysis) is 1. The van der Waals surface area contributed by atoms with Crippen LogP contribution in [0.25, 0.3) is 0 Å². The van der Waals surface area contributed by atoms with Gasteiger partial charge in [-0.15, -0.1) is 0 Å². The highest BCUT2D eigenvalue weighted by Gasteiger charge is 2.41. The van der Waals surface area contributed by atoms with Crippen LogP contribution in [0.2, 0.25) is 0 Å². The fraction of sp³-hybridized carbons (Fsp3) is 0.464. The predicted molar refractivity (Wildman–Crippen MR) is 142 cm³/mol. The number of carbonyl (C=O) groups excluding carboxylic acids is 3. The van der Waals surface area contributed by atoms with Crippen LogP contribution in [0, 0.1) is 6.92 Å². The first kappa shape index (κ1) is 29.6. The molecular weight excluding hydrogens is 474 g/mol. The van der Waals surface area contributed by atoms with E-state index in [4.69, 9.17) is 9.47 Å². The molecule has 0 aliphatic heterocycles. The van der Waals surface area contributed by atoms with Crippen LogP contribution in [-0.4, -0.2) is 58.8 Å². The quantitative estimate of drug-likeness (QED) is 0.487. The van der Waals surface area contributed by atoms with Crippen molar-refractivity contribution in [1.82, 2.24) is 10.2 Å². The number of aliphatic hydroxyl groups is 1. The van der Waals surface area contributed by atoms with E-state index in [1.165, 1.54) is 4.90 Å². The van der Waals surface area contributed by atoms with E-state index in [9.17, 15) is 19.5 Å². The minimum absolute atomic E-state index is 0.451. The van der Waals surface area contributed by atoms with E-state index >= 15 is 0 Å². The van der Waals surface area contributed by atoms with Crippen molar-refractivity contribution in [3.8, 4) is 5.75 Å². The smallest absolute Gasteiger partial charge is 0.408 e. The fourth-order valence-corrected chi connectivity index (χ4v) is 3.79. The van der Waals surface area contributed by atoms with Gasteiger partial charge in [0.05, 0.1) is 13.7 Å². The molecule has 9 nitrogen and oxygen atoms in total. The summed E-state index contributed by atoms with van der Waals surface area (Å²) in [4.78, 5) is 41.4. The molecule has 0 fully saturated rings. The molecule has 2 unspecified atom stereocenters. The Morgan fingerprint density at radius 3 is 2.11 bits per heavy atom. The van der Waals surface area contributed by atoms with Gasteiger partial charge in [0, 0.05) is 11.2 Å². The molecule has 0 bridgehead atoms. The van der Waals surface area contributed by atoms with Crippen LogP contribution in [0.4, 0.5) is 10.5 Å². The SMILES string of the molecule is COc1ccc(NC(=O)C(c2cccc(C)c2)N(C(=O)C(CO)NC(=O)OC(C)(C)C)C(C)(C)C)cc1. The normalized spacial score (nSPS) is 13.2. The van der Waals surface area contributed by atoms with Gasteiger partial charge in [0.25, 0.3) is 5.91 Å². The second kappa shape index (κ2) is 12.1. The molecular formula is C28H39N3O6. The Kier molecular flexibility index (Phi) is 9.69. The van der Waals surface area contributed by atoms with E-state index in [1.807, 2.05) is 25.1 Å². The molecule has 202 valence electrons. The first-order valence-electron chi connectivity index (χ1n) is 12.1. The molecule has 0 spiro atoms. The summed E-state index contributed by atoms with van der Waals surface area (Å²) in [6, 6.07) is 11.8. The van der Waals surface area contributed by atoms with Gasteiger partial charge in [-0.2, -0.15) is 0 Å². The second-order valence-electron chi connectivity index (χ2n) is 10.8. The Labute approximate surface area is 219 Å². The van der Waals surface area contributed by atoms with Crippen molar-refractivity contribution in [1.29, 1.82) is 0 Å². The Bertz CT molecular complexity index is 1090. The van der Waals surface area contributed by atoms with Gasteiger partial charge < -0.3 is 30.1 Å². The molecule has 0 saturated carbocycles. The highest BCUT2D eigenvalue weighted by molar-refractivity contribution is 5.99. The van der Waals surface area contributed by atoms with Crippen LogP contribution >= 0.6 is 0 Å². The number of hydrogen-bond acceptors (Lipinski definition) is 6. The van der Waals surface area contributed by atoms with Crippen molar-refractivity contribution in [2.45, 2.75) is 71.7 Å². The Morgan fingerprint density at radius 2 is 1.62 bits per heavy atom. The molecule has 37 heavy (non-hydrogen) atoms. The van der Waals surface area contributed by atoms with Gasteiger partial charge in [0.1, 0.15) is 23.4 Å². The van der Waals surface area contributed by atoms with Gasteiger partial charge >= 0.3 is 6.09 Å². The minimum Gasteiger partial charge on any atom is -0.497 e. The monoisotopic (exact) mass is 513 g/mol. The third-order valence-electron chi connectivity index (χ3n) is 5.35. The maximum Gasteiger partial charge on any atom is 0.408 e. The van der Waals surface area contributed by atoms with E-state index in [1.54, 1.807) is 79.0 Å². The lowest BCUT2D eigenvalue weighted by Gasteiger charge is -2.42.